The molecule has 2 rings (SSSR count). The van der Waals surface area contributed by atoms with Gasteiger partial charge in [-0.05, 0) is 49.5 Å². The third-order valence-electron chi connectivity index (χ3n) is 3.14. The van der Waals surface area contributed by atoms with Gasteiger partial charge in [0.15, 0.2) is 0 Å². The van der Waals surface area contributed by atoms with E-state index in [1.807, 2.05) is 20.8 Å². The zero-order valence-corrected chi connectivity index (χ0v) is 15.6. The van der Waals surface area contributed by atoms with Crippen LogP contribution in [0.25, 0.3) is 0 Å². The highest BCUT2D eigenvalue weighted by atomic mass is 79.9. The van der Waals surface area contributed by atoms with E-state index in [4.69, 9.17) is 4.74 Å². The highest BCUT2D eigenvalue weighted by molar-refractivity contribution is 9.10. The molecule has 0 radical (unpaired) electrons. The maximum atomic E-state index is 13.2. The Morgan fingerprint density at radius 2 is 2.00 bits per heavy atom. The Kier molecular flexibility index (Phi) is 6.22. The first-order valence-corrected chi connectivity index (χ1v) is 7.43. The second-order valence-electron chi connectivity index (χ2n) is 5.95. The number of nitrogens with zero attached hydrogens (tertiary/aromatic N) is 3. The maximum absolute atomic E-state index is 13.2. The summed E-state index contributed by atoms with van der Waals surface area (Å²) >= 11 is 3.11. The van der Waals surface area contributed by atoms with E-state index < -0.39 is 11.5 Å². The van der Waals surface area contributed by atoms with E-state index in [0.29, 0.717) is 17.6 Å². The molecule has 21 heavy (non-hydrogen) atoms. The Bertz CT molecular complexity index is 475. The molecule has 120 valence electrons. The van der Waals surface area contributed by atoms with Gasteiger partial charge in [-0.25, -0.2) is 4.79 Å². The summed E-state index contributed by atoms with van der Waals surface area (Å²) in [7, 11) is 0. The Morgan fingerprint density at radius 1 is 1.43 bits per heavy atom. The summed E-state index contributed by atoms with van der Waals surface area (Å²) in [5.74, 6) is -0.500. The van der Waals surface area contributed by atoms with Crippen molar-refractivity contribution < 1.29 is 13.9 Å². The van der Waals surface area contributed by atoms with Crippen molar-refractivity contribution in [2.24, 2.45) is 0 Å². The van der Waals surface area contributed by atoms with Crippen LogP contribution in [0, 0.1) is 5.95 Å². The number of rotatable bonds is 1. The number of hydrogen-bond donors (Lipinski definition) is 0. The van der Waals surface area contributed by atoms with Crippen molar-refractivity contribution in [3.8, 4) is 0 Å². The van der Waals surface area contributed by atoms with Crippen LogP contribution in [0.5, 0.6) is 0 Å². The predicted molar refractivity (Wildman–Crippen MR) is 86.3 cm³/mol. The molecular weight excluding hydrogens is 409 g/mol. The predicted octanol–water partition coefficient (Wildman–Crippen LogP) is 3.93. The zero-order valence-electron chi connectivity index (χ0n) is 12.3. The van der Waals surface area contributed by atoms with Crippen molar-refractivity contribution in [1.29, 1.82) is 0 Å². The molecule has 0 spiro atoms. The SMILES string of the molecule is Br.CC(C)(C)OC(=O)N1CCC(n2cc(Br)c(F)n2)CC1. The summed E-state index contributed by atoms with van der Waals surface area (Å²) in [6.45, 7) is 6.74. The van der Waals surface area contributed by atoms with Crippen molar-refractivity contribution >= 4 is 39.0 Å². The Labute approximate surface area is 142 Å². The summed E-state index contributed by atoms with van der Waals surface area (Å²) in [5, 5.41) is 3.83. The molecule has 8 heteroatoms. The van der Waals surface area contributed by atoms with E-state index in [9.17, 15) is 9.18 Å². The minimum Gasteiger partial charge on any atom is -0.444 e. The van der Waals surface area contributed by atoms with Gasteiger partial charge in [-0.3, -0.25) is 4.68 Å². The molecule has 0 bridgehead atoms. The molecule has 0 aromatic carbocycles. The maximum Gasteiger partial charge on any atom is 0.410 e. The summed E-state index contributed by atoms with van der Waals surface area (Å²) < 4.78 is 20.6. The van der Waals surface area contributed by atoms with Gasteiger partial charge in [-0.2, -0.15) is 4.39 Å². The van der Waals surface area contributed by atoms with E-state index in [2.05, 4.69) is 21.0 Å². The van der Waals surface area contributed by atoms with Gasteiger partial charge in [-0.15, -0.1) is 22.1 Å². The number of aromatic nitrogens is 2. The normalized spacial score (nSPS) is 16.5. The van der Waals surface area contributed by atoms with Crippen LogP contribution >= 0.6 is 32.9 Å². The first-order valence-electron chi connectivity index (χ1n) is 6.64. The molecule has 1 fully saturated rings. The second-order valence-corrected chi connectivity index (χ2v) is 6.80. The van der Waals surface area contributed by atoms with Gasteiger partial charge in [0.05, 0.1) is 10.5 Å². The van der Waals surface area contributed by atoms with Crippen molar-refractivity contribution in [2.75, 3.05) is 13.1 Å². The van der Waals surface area contributed by atoms with Gasteiger partial charge in [0.25, 0.3) is 0 Å². The Morgan fingerprint density at radius 3 is 2.43 bits per heavy atom. The molecule has 0 aliphatic carbocycles. The van der Waals surface area contributed by atoms with Crippen molar-refractivity contribution in [2.45, 2.75) is 45.3 Å². The van der Waals surface area contributed by atoms with E-state index >= 15 is 0 Å². The first kappa shape index (κ1) is 18.4. The molecule has 2 heterocycles. The van der Waals surface area contributed by atoms with Crippen LogP contribution in [0.4, 0.5) is 9.18 Å². The molecule has 1 aromatic heterocycles. The fourth-order valence-corrected chi connectivity index (χ4v) is 2.46. The minimum atomic E-state index is -0.500. The van der Waals surface area contributed by atoms with Gasteiger partial charge in [0, 0.05) is 19.3 Å². The van der Waals surface area contributed by atoms with Gasteiger partial charge in [0.1, 0.15) is 5.60 Å². The molecule has 0 saturated carbocycles. The van der Waals surface area contributed by atoms with Crippen LogP contribution in [0.3, 0.4) is 0 Å². The lowest BCUT2D eigenvalue weighted by atomic mass is 10.1. The van der Waals surface area contributed by atoms with Crippen molar-refractivity contribution in [3.05, 3.63) is 16.6 Å². The molecule has 0 unspecified atom stereocenters. The van der Waals surface area contributed by atoms with Gasteiger partial charge in [-0.1, -0.05) is 0 Å². The average Bonchev–Trinajstić information content (AvgIpc) is 2.68. The topological polar surface area (TPSA) is 47.4 Å². The van der Waals surface area contributed by atoms with Gasteiger partial charge < -0.3 is 9.64 Å². The van der Waals surface area contributed by atoms with Crippen LogP contribution < -0.4 is 0 Å². The van der Waals surface area contributed by atoms with Crippen LogP contribution in [0.1, 0.15) is 39.7 Å². The minimum absolute atomic E-state index is 0. The van der Waals surface area contributed by atoms with Crippen LogP contribution in [-0.2, 0) is 4.74 Å². The summed E-state index contributed by atoms with van der Waals surface area (Å²) in [6, 6.07) is 0.120. The molecule has 1 aliphatic rings. The zero-order chi connectivity index (χ0) is 14.9. The third kappa shape index (κ3) is 4.95. The molecule has 1 saturated heterocycles. The van der Waals surface area contributed by atoms with E-state index in [1.54, 1.807) is 15.8 Å². The fraction of sp³-hybridized carbons (Fsp3) is 0.692. The van der Waals surface area contributed by atoms with E-state index in [-0.39, 0.29) is 29.1 Å². The number of amides is 1. The summed E-state index contributed by atoms with van der Waals surface area (Å²) in [6.07, 6.45) is 2.84. The van der Waals surface area contributed by atoms with Crippen LogP contribution in [-0.4, -0.2) is 39.5 Å². The molecular formula is C13H20Br2FN3O2. The molecule has 1 amide bonds. The molecule has 5 nitrogen and oxygen atoms in total. The number of carbonyl (C=O) groups is 1. The average molecular weight is 429 g/mol. The number of likely N-dealkylation sites (tertiary alicyclic amines) is 1. The lowest BCUT2D eigenvalue weighted by Crippen LogP contribution is -2.42. The molecule has 0 N–H and O–H groups in total. The lowest BCUT2D eigenvalue weighted by Gasteiger charge is -2.33. The number of piperidine rings is 1. The monoisotopic (exact) mass is 427 g/mol. The standard InChI is InChI=1S/C13H19BrFN3O2.BrH/c1-13(2,3)20-12(19)17-6-4-9(5-7-17)18-8-10(14)11(15)16-18;/h8-9H,4-7H2,1-3H3;1H. The van der Waals surface area contributed by atoms with E-state index in [1.165, 1.54) is 0 Å². The first-order chi connectivity index (χ1) is 9.26. The van der Waals surface area contributed by atoms with Crippen LogP contribution in [0.15, 0.2) is 10.7 Å². The Hall–Kier alpha value is -0.630. The number of carbonyl (C=O) groups excluding carboxylic acids is 1. The third-order valence-corrected chi connectivity index (χ3v) is 3.67. The summed E-state index contributed by atoms with van der Waals surface area (Å²) in [4.78, 5) is 13.6. The highest BCUT2D eigenvalue weighted by Crippen LogP contribution is 2.25. The number of halogens is 3. The van der Waals surface area contributed by atoms with Gasteiger partial charge >= 0.3 is 6.09 Å². The molecule has 1 aliphatic heterocycles. The Balaban J connectivity index is 0.00000220. The van der Waals surface area contributed by atoms with Crippen molar-refractivity contribution in [3.63, 3.8) is 0 Å². The second kappa shape index (κ2) is 7.09. The van der Waals surface area contributed by atoms with Gasteiger partial charge in [0.2, 0.25) is 5.95 Å². The van der Waals surface area contributed by atoms with E-state index in [0.717, 1.165) is 12.8 Å². The smallest absolute Gasteiger partial charge is 0.410 e. The van der Waals surface area contributed by atoms with Crippen LogP contribution in [0.2, 0.25) is 0 Å². The lowest BCUT2D eigenvalue weighted by molar-refractivity contribution is 0.0184. The number of hydrogen-bond acceptors (Lipinski definition) is 3. The molecule has 1 aromatic rings. The number of ether oxygens (including phenoxy) is 1. The molecule has 0 atom stereocenters. The fourth-order valence-electron chi connectivity index (χ4n) is 2.17. The highest BCUT2D eigenvalue weighted by Gasteiger charge is 2.28. The largest absolute Gasteiger partial charge is 0.444 e. The quantitative estimate of drug-likeness (QED) is 0.680. The summed E-state index contributed by atoms with van der Waals surface area (Å²) in [5.41, 5.74) is -0.482. The van der Waals surface area contributed by atoms with Crippen molar-refractivity contribution in [1.82, 2.24) is 14.7 Å².